The molecule has 2 nitrogen and oxygen atoms in total. The summed E-state index contributed by atoms with van der Waals surface area (Å²) in [6.07, 6.45) is 17.1. The number of hydrogen-bond acceptors (Lipinski definition) is 2. The predicted molar refractivity (Wildman–Crippen MR) is 151 cm³/mol. The van der Waals surface area contributed by atoms with Crippen LogP contribution in [0.4, 0.5) is 0 Å². The van der Waals surface area contributed by atoms with Crippen molar-refractivity contribution < 1.29 is 9.22 Å². The number of ketones is 1. The summed E-state index contributed by atoms with van der Waals surface area (Å²) in [6, 6.07) is 0. The van der Waals surface area contributed by atoms with Gasteiger partial charge in [-0.15, -0.1) is 0 Å². The molecular formula is C32H52O2Si. The van der Waals surface area contributed by atoms with Crippen LogP contribution in [0.5, 0.6) is 0 Å². The molecule has 4 rings (SSSR count). The van der Waals surface area contributed by atoms with Crippen molar-refractivity contribution >= 4 is 14.8 Å². The molecule has 7 atom stereocenters. The second-order valence-corrected chi connectivity index (χ2v) is 16.7. The standard InChI is InChI=1S/C32H52O2Si/c1-21(11-10-12-22(2)33)26-15-16-27-25-14-13-23-19-24(30(3,4)5)20-29(34-35(8)9)32(23,7)28(25)17-18-31(26,27)6/h13-14,20-21,24,26-28,35H,10-12,15-19H2,1-9H3/t21-,24+,26+,27-,28-,31+,32-/m0/s1. The number of Topliss-reactive ketones (excluding diaryl/α,β-unsaturated/α-hetero) is 1. The Kier molecular flexibility index (Phi) is 7.44. The Balaban J connectivity index is 1.63. The first kappa shape index (κ1) is 27.0. The van der Waals surface area contributed by atoms with Gasteiger partial charge in [0.2, 0.25) is 9.04 Å². The Morgan fingerprint density at radius 3 is 2.49 bits per heavy atom. The fourth-order valence-electron chi connectivity index (χ4n) is 8.53. The predicted octanol–water partition coefficient (Wildman–Crippen LogP) is 8.65. The minimum atomic E-state index is -1.20. The Bertz CT molecular complexity index is 918. The van der Waals surface area contributed by atoms with Gasteiger partial charge in [-0.3, -0.25) is 0 Å². The number of carbonyl (C=O) groups is 1. The zero-order chi connectivity index (χ0) is 25.8. The van der Waals surface area contributed by atoms with Gasteiger partial charge in [-0.2, -0.15) is 0 Å². The van der Waals surface area contributed by atoms with Gasteiger partial charge in [0.15, 0.2) is 0 Å². The molecule has 196 valence electrons. The maximum atomic E-state index is 11.5. The maximum Gasteiger partial charge on any atom is 0.229 e. The van der Waals surface area contributed by atoms with Gasteiger partial charge in [0.25, 0.3) is 0 Å². The van der Waals surface area contributed by atoms with E-state index in [-0.39, 0.29) is 10.8 Å². The van der Waals surface area contributed by atoms with E-state index in [1.807, 2.05) is 0 Å². The Morgan fingerprint density at radius 2 is 1.86 bits per heavy atom. The van der Waals surface area contributed by atoms with Crippen LogP contribution in [0.1, 0.15) is 99.8 Å². The average Bonchev–Trinajstić information content (AvgIpc) is 3.10. The number of hydrogen-bond donors (Lipinski definition) is 0. The van der Waals surface area contributed by atoms with E-state index in [1.54, 1.807) is 18.1 Å². The first-order valence-electron chi connectivity index (χ1n) is 14.6. The number of carbonyl (C=O) groups excluding carboxylic acids is 1. The molecule has 2 saturated carbocycles. The highest BCUT2D eigenvalue weighted by atomic mass is 28.3. The molecule has 0 aliphatic heterocycles. The van der Waals surface area contributed by atoms with Gasteiger partial charge in [-0.1, -0.05) is 64.3 Å². The molecule has 0 amide bonds. The zero-order valence-corrected chi connectivity index (χ0v) is 25.3. The molecule has 4 aliphatic rings. The van der Waals surface area contributed by atoms with Crippen LogP contribution < -0.4 is 0 Å². The largest absolute Gasteiger partial charge is 0.549 e. The third-order valence-electron chi connectivity index (χ3n) is 10.7. The van der Waals surface area contributed by atoms with Crippen molar-refractivity contribution in [2.75, 3.05) is 0 Å². The molecule has 0 N–H and O–H groups in total. The topological polar surface area (TPSA) is 26.3 Å². The quantitative estimate of drug-likeness (QED) is 0.330. The number of fused-ring (bicyclic) bond motifs is 5. The van der Waals surface area contributed by atoms with Crippen LogP contribution in [0.25, 0.3) is 0 Å². The van der Waals surface area contributed by atoms with Crippen molar-refractivity contribution in [3.63, 3.8) is 0 Å². The van der Waals surface area contributed by atoms with Gasteiger partial charge < -0.3 is 9.22 Å². The Labute approximate surface area is 217 Å². The third-order valence-corrected chi connectivity index (χ3v) is 11.4. The number of allylic oxidation sites excluding steroid dienone is 5. The molecule has 0 spiro atoms. The van der Waals surface area contributed by atoms with Gasteiger partial charge in [-0.05, 0) is 112 Å². The lowest BCUT2D eigenvalue weighted by molar-refractivity contribution is -0.117. The van der Waals surface area contributed by atoms with Gasteiger partial charge in [-0.25, -0.2) is 0 Å². The van der Waals surface area contributed by atoms with E-state index >= 15 is 0 Å². The van der Waals surface area contributed by atoms with Crippen LogP contribution in [-0.2, 0) is 9.22 Å². The lowest BCUT2D eigenvalue weighted by atomic mass is 9.49. The Hall–Kier alpha value is -1.09. The molecule has 0 aromatic heterocycles. The fraction of sp³-hybridized carbons (Fsp3) is 0.781. The van der Waals surface area contributed by atoms with Gasteiger partial charge in [0.1, 0.15) is 5.78 Å². The molecule has 35 heavy (non-hydrogen) atoms. The zero-order valence-electron chi connectivity index (χ0n) is 24.2. The van der Waals surface area contributed by atoms with E-state index in [9.17, 15) is 4.79 Å². The van der Waals surface area contributed by atoms with Crippen molar-refractivity contribution in [3.05, 3.63) is 35.1 Å². The van der Waals surface area contributed by atoms with Crippen molar-refractivity contribution in [1.82, 2.24) is 0 Å². The summed E-state index contributed by atoms with van der Waals surface area (Å²) in [5.41, 5.74) is 4.04. The summed E-state index contributed by atoms with van der Waals surface area (Å²) in [4.78, 5) is 11.5. The normalized spacial score (nSPS) is 37.5. The van der Waals surface area contributed by atoms with E-state index in [2.05, 4.69) is 72.9 Å². The van der Waals surface area contributed by atoms with Crippen LogP contribution in [0.15, 0.2) is 35.1 Å². The minimum absolute atomic E-state index is 0.0373. The van der Waals surface area contributed by atoms with Crippen molar-refractivity contribution in [3.8, 4) is 0 Å². The first-order valence-corrected chi connectivity index (χ1v) is 17.4. The van der Waals surface area contributed by atoms with Gasteiger partial charge in [0.05, 0.1) is 11.2 Å². The summed E-state index contributed by atoms with van der Waals surface area (Å²) in [5, 5.41) is 0. The van der Waals surface area contributed by atoms with Gasteiger partial charge >= 0.3 is 0 Å². The van der Waals surface area contributed by atoms with Crippen LogP contribution in [-0.4, -0.2) is 14.8 Å². The molecule has 4 aliphatic carbocycles. The molecule has 2 fully saturated rings. The van der Waals surface area contributed by atoms with Crippen molar-refractivity contribution in [2.45, 2.75) is 113 Å². The summed E-state index contributed by atoms with van der Waals surface area (Å²) >= 11 is 0. The second-order valence-electron chi connectivity index (χ2n) is 14.3. The minimum Gasteiger partial charge on any atom is -0.549 e. The van der Waals surface area contributed by atoms with Crippen LogP contribution >= 0.6 is 0 Å². The molecule has 0 heterocycles. The average molecular weight is 497 g/mol. The van der Waals surface area contributed by atoms with E-state index < -0.39 is 9.04 Å². The summed E-state index contributed by atoms with van der Waals surface area (Å²) < 4.78 is 6.80. The maximum absolute atomic E-state index is 11.5. The third kappa shape index (κ3) is 4.80. The highest BCUT2D eigenvalue weighted by Gasteiger charge is 2.58. The highest BCUT2D eigenvalue weighted by Crippen LogP contribution is 2.67. The molecule has 0 aromatic carbocycles. The molecule has 0 saturated heterocycles. The van der Waals surface area contributed by atoms with E-state index in [1.165, 1.54) is 44.3 Å². The summed E-state index contributed by atoms with van der Waals surface area (Å²) in [5.74, 6) is 4.97. The lowest BCUT2D eigenvalue weighted by Gasteiger charge is -2.56. The van der Waals surface area contributed by atoms with Gasteiger partial charge in [0, 0.05) is 6.42 Å². The monoisotopic (exact) mass is 496 g/mol. The molecular weight excluding hydrogens is 444 g/mol. The fourth-order valence-corrected chi connectivity index (χ4v) is 9.36. The summed E-state index contributed by atoms with van der Waals surface area (Å²) in [6.45, 7) is 21.1. The van der Waals surface area contributed by atoms with Crippen molar-refractivity contribution in [1.29, 1.82) is 0 Å². The van der Waals surface area contributed by atoms with Crippen LogP contribution in [0, 0.1) is 45.8 Å². The molecule has 0 unspecified atom stereocenters. The molecule has 0 bridgehead atoms. The molecule has 0 aromatic rings. The number of rotatable bonds is 7. The van der Waals surface area contributed by atoms with Crippen molar-refractivity contribution in [2.24, 2.45) is 45.8 Å². The molecule has 3 heteroatoms. The SMILES string of the molecule is CC(=O)CCC[C@H](C)[C@H]1CC[C@H]2C3=CC=C4C[C@@H](C(C)(C)C)C=C(O[SiH](C)C)[C@]4(C)[C@H]3CC[C@]12C. The second kappa shape index (κ2) is 9.65. The van der Waals surface area contributed by atoms with E-state index in [0.29, 0.717) is 34.9 Å². The Morgan fingerprint density at radius 1 is 1.14 bits per heavy atom. The van der Waals surface area contributed by atoms with E-state index in [4.69, 9.17) is 4.43 Å². The van der Waals surface area contributed by atoms with Crippen LogP contribution in [0.2, 0.25) is 13.1 Å². The van der Waals surface area contributed by atoms with Crippen LogP contribution in [0.3, 0.4) is 0 Å². The summed E-state index contributed by atoms with van der Waals surface area (Å²) in [7, 11) is -1.20. The van der Waals surface area contributed by atoms with E-state index in [0.717, 1.165) is 18.8 Å². The first-order chi connectivity index (χ1) is 16.3. The molecule has 0 radical (unpaired) electrons. The lowest BCUT2D eigenvalue weighted by Crippen LogP contribution is -2.47. The highest BCUT2D eigenvalue weighted by molar-refractivity contribution is 6.48. The smallest absolute Gasteiger partial charge is 0.229 e.